The van der Waals surface area contributed by atoms with Crippen molar-refractivity contribution in [2.75, 3.05) is 40.4 Å². The third-order valence-corrected chi connectivity index (χ3v) is 4.01. The molecule has 4 heteroatoms. The Hall–Kier alpha value is -0.160. The van der Waals surface area contributed by atoms with Gasteiger partial charge in [0.05, 0.1) is 12.7 Å². The maximum atomic E-state index is 9.29. The summed E-state index contributed by atoms with van der Waals surface area (Å²) < 4.78 is 5.63. The molecule has 0 radical (unpaired) electrons. The average Bonchev–Trinajstić information content (AvgIpc) is 2.87. The van der Waals surface area contributed by atoms with Crippen LogP contribution in [-0.4, -0.2) is 62.0 Å². The van der Waals surface area contributed by atoms with Gasteiger partial charge in [0.15, 0.2) is 0 Å². The SMILES string of the molecule is CNC(C)(CO)CCCCN(C)CC1CCCO1. The predicted molar refractivity (Wildman–Crippen MR) is 74.9 cm³/mol. The van der Waals surface area contributed by atoms with Crippen LogP contribution in [0.4, 0.5) is 0 Å². The zero-order valence-corrected chi connectivity index (χ0v) is 12.2. The van der Waals surface area contributed by atoms with E-state index in [9.17, 15) is 5.11 Å². The summed E-state index contributed by atoms with van der Waals surface area (Å²) in [4.78, 5) is 2.37. The minimum atomic E-state index is -0.118. The van der Waals surface area contributed by atoms with Crippen molar-refractivity contribution < 1.29 is 9.84 Å². The van der Waals surface area contributed by atoms with Crippen LogP contribution in [0.25, 0.3) is 0 Å². The second kappa shape index (κ2) is 8.10. The van der Waals surface area contributed by atoms with Gasteiger partial charge in [0.25, 0.3) is 0 Å². The largest absolute Gasteiger partial charge is 0.394 e. The van der Waals surface area contributed by atoms with Crippen molar-refractivity contribution in [3.05, 3.63) is 0 Å². The van der Waals surface area contributed by atoms with Crippen LogP contribution in [0.1, 0.15) is 39.0 Å². The molecule has 1 aliphatic rings. The number of aliphatic hydroxyl groups excluding tert-OH is 1. The van der Waals surface area contributed by atoms with Gasteiger partial charge >= 0.3 is 0 Å². The molecule has 2 atom stereocenters. The van der Waals surface area contributed by atoms with Gasteiger partial charge in [0, 0.05) is 18.7 Å². The molecule has 1 rings (SSSR count). The van der Waals surface area contributed by atoms with Gasteiger partial charge in [-0.2, -0.15) is 0 Å². The summed E-state index contributed by atoms with van der Waals surface area (Å²) in [6.07, 6.45) is 6.24. The number of aliphatic hydroxyl groups is 1. The Morgan fingerprint density at radius 2 is 2.22 bits per heavy atom. The summed E-state index contributed by atoms with van der Waals surface area (Å²) in [6, 6.07) is 0. The molecule has 0 aromatic rings. The van der Waals surface area contributed by atoms with Crippen molar-refractivity contribution in [3.63, 3.8) is 0 Å². The Morgan fingerprint density at radius 1 is 1.44 bits per heavy atom. The number of hydrogen-bond donors (Lipinski definition) is 2. The van der Waals surface area contributed by atoms with E-state index in [4.69, 9.17) is 4.74 Å². The molecule has 2 N–H and O–H groups in total. The highest BCUT2D eigenvalue weighted by Crippen LogP contribution is 2.15. The van der Waals surface area contributed by atoms with Gasteiger partial charge < -0.3 is 20.1 Å². The molecule has 2 unspecified atom stereocenters. The van der Waals surface area contributed by atoms with Gasteiger partial charge in [0.2, 0.25) is 0 Å². The van der Waals surface area contributed by atoms with Gasteiger partial charge in [-0.3, -0.25) is 0 Å². The average molecular weight is 258 g/mol. The quantitative estimate of drug-likeness (QED) is 0.611. The van der Waals surface area contributed by atoms with E-state index in [0.29, 0.717) is 6.10 Å². The van der Waals surface area contributed by atoms with Gasteiger partial charge in [0.1, 0.15) is 0 Å². The maximum absolute atomic E-state index is 9.29. The lowest BCUT2D eigenvalue weighted by molar-refractivity contribution is 0.0803. The molecule has 0 aromatic carbocycles. The molecule has 0 aromatic heterocycles. The number of hydrogen-bond acceptors (Lipinski definition) is 4. The smallest absolute Gasteiger partial charge is 0.0702 e. The van der Waals surface area contributed by atoms with Crippen LogP contribution in [-0.2, 0) is 4.74 Å². The van der Waals surface area contributed by atoms with Crippen molar-refractivity contribution in [3.8, 4) is 0 Å². The second-order valence-corrected chi connectivity index (χ2v) is 5.82. The van der Waals surface area contributed by atoms with E-state index >= 15 is 0 Å². The Labute approximate surface area is 112 Å². The zero-order chi connectivity index (χ0) is 13.4. The molecule has 1 fully saturated rings. The van der Waals surface area contributed by atoms with Gasteiger partial charge in [-0.05, 0) is 53.2 Å². The fourth-order valence-corrected chi connectivity index (χ4v) is 2.41. The molecule has 18 heavy (non-hydrogen) atoms. The number of rotatable bonds is 9. The highest BCUT2D eigenvalue weighted by Gasteiger charge is 2.20. The molecule has 0 aliphatic carbocycles. The van der Waals surface area contributed by atoms with Crippen LogP contribution in [0.3, 0.4) is 0 Å². The topological polar surface area (TPSA) is 44.7 Å². The summed E-state index contributed by atoms with van der Waals surface area (Å²) in [5, 5.41) is 12.5. The number of likely N-dealkylation sites (N-methyl/N-ethyl adjacent to an activating group) is 2. The van der Waals surface area contributed by atoms with Crippen molar-refractivity contribution in [1.82, 2.24) is 10.2 Å². The summed E-state index contributed by atoms with van der Waals surface area (Å²) in [5.74, 6) is 0. The first-order valence-electron chi connectivity index (χ1n) is 7.19. The van der Waals surface area contributed by atoms with E-state index in [-0.39, 0.29) is 12.1 Å². The third kappa shape index (κ3) is 5.65. The van der Waals surface area contributed by atoms with Crippen LogP contribution in [0.2, 0.25) is 0 Å². The molecule has 1 saturated heterocycles. The van der Waals surface area contributed by atoms with Crippen LogP contribution >= 0.6 is 0 Å². The molecule has 4 nitrogen and oxygen atoms in total. The second-order valence-electron chi connectivity index (χ2n) is 5.82. The molecule has 1 aliphatic heterocycles. The Bertz CT molecular complexity index is 214. The van der Waals surface area contributed by atoms with E-state index in [1.54, 1.807) is 0 Å². The van der Waals surface area contributed by atoms with E-state index in [0.717, 1.165) is 32.5 Å². The fraction of sp³-hybridized carbons (Fsp3) is 1.00. The van der Waals surface area contributed by atoms with Crippen molar-refractivity contribution in [2.45, 2.75) is 50.7 Å². The number of nitrogens with zero attached hydrogens (tertiary/aromatic N) is 1. The van der Waals surface area contributed by atoms with Crippen LogP contribution in [0.5, 0.6) is 0 Å². The van der Waals surface area contributed by atoms with Crippen LogP contribution < -0.4 is 5.32 Å². The van der Waals surface area contributed by atoms with Crippen molar-refractivity contribution in [1.29, 1.82) is 0 Å². The van der Waals surface area contributed by atoms with E-state index in [1.165, 1.54) is 19.3 Å². The molecule has 108 valence electrons. The predicted octanol–water partition coefficient (Wildman–Crippen LogP) is 1.24. The third-order valence-electron chi connectivity index (χ3n) is 4.01. The van der Waals surface area contributed by atoms with Gasteiger partial charge in [-0.25, -0.2) is 0 Å². The Kier molecular flexibility index (Phi) is 7.15. The zero-order valence-electron chi connectivity index (χ0n) is 12.2. The minimum Gasteiger partial charge on any atom is -0.394 e. The minimum absolute atomic E-state index is 0.118. The summed E-state index contributed by atoms with van der Waals surface area (Å²) in [6.45, 7) is 5.39. The number of unbranched alkanes of at least 4 members (excludes halogenated alkanes) is 1. The summed E-state index contributed by atoms with van der Waals surface area (Å²) in [5.41, 5.74) is -0.118. The van der Waals surface area contributed by atoms with Crippen molar-refractivity contribution >= 4 is 0 Å². The van der Waals surface area contributed by atoms with Crippen LogP contribution in [0, 0.1) is 0 Å². The summed E-state index contributed by atoms with van der Waals surface area (Å²) in [7, 11) is 4.09. The lowest BCUT2D eigenvalue weighted by Gasteiger charge is -2.27. The monoisotopic (exact) mass is 258 g/mol. The molecule has 0 saturated carbocycles. The van der Waals surface area contributed by atoms with E-state index < -0.39 is 0 Å². The Balaban J connectivity index is 2.06. The van der Waals surface area contributed by atoms with Gasteiger partial charge in [-0.1, -0.05) is 6.42 Å². The number of ether oxygens (including phenoxy) is 1. The lowest BCUT2D eigenvalue weighted by Crippen LogP contribution is -2.43. The van der Waals surface area contributed by atoms with Gasteiger partial charge in [-0.15, -0.1) is 0 Å². The Morgan fingerprint density at radius 3 is 2.78 bits per heavy atom. The number of nitrogens with one attached hydrogen (secondary N) is 1. The molecule has 0 spiro atoms. The first-order chi connectivity index (χ1) is 8.59. The normalized spacial score (nSPS) is 23.5. The molecule has 1 heterocycles. The standard InChI is InChI=1S/C14H30N2O2/c1-14(12-17,15-2)8-4-5-9-16(3)11-13-7-6-10-18-13/h13,15,17H,4-12H2,1-3H3. The van der Waals surface area contributed by atoms with E-state index in [2.05, 4.69) is 24.2 Å². The fourth-order valence-electron chi connectivity index (χ4n) is 2.41. The van der Waals surface area contributed by atoms with Crippen LogP contribution in [0.15, 0.2) is 0 Å². The van der Waals surface area contributed by atoms with E-state index in [1.807, 2.05) is 7.05 Å². The highest BCUT2D eigenvalue weighted by atomic mass is 16.5. The molecular formula is C14H30N2O2. The first-order valence-corrected chi connectivity index (χ1v) is 7.19. The summed E-state index contributed by atoms with van der Waals surface area (Å²) >= 11 is 0. The van der Waals surface area contributed by atoms with Crippen molar-refractivity contribution in [2.24, 2.45) is 0 Å². The lowest BCUT2D eigenvalue weighted by atomic mass is 9.96. The first kappa shape index (κ1) is 15.9. The molecular weight excluding hydrogens is 228 g/mol. The molecule has 0 amide bonds. The maximum Gasteiger partial charge on any atom is 0.0702 e. The highest BCUT2D eigenvalue weighted by molar-refractivity contribution is 4.80. The molecule has 0 bridgehead atoms.